The van der Waals surface area contributed by atoms with Crippen molar-refractivity contribution in [3.63, 3.8) is 0 Å². The zero-order valence-corrected chi connectivity index (χ0v) is 14.0. The van der Waals surface area contributed by atoms with E-state index in [-0.39, 0.29) is 6.04 Å². The lowest BCUT2D eigenvalue weighted by atomic mass is 10.2. The molecule has 1 saturated heterocycles. The fourth-order valence-corrected chi connectivity index (χ4v) is 3.89. The van der Waals surface area contributed by atoms with E-state index in [9.17, 15) is 0 Å². The van der Waals surface area contributed by atoms with Crippen molar-refractivity contribution < 1.29 is 9.47 Å². The number of hydrogen-bond donors (Lipinski definition) is 1. The van der Waals surface area contributed by atoms with Gasteiger partial charge >= 0.3 is 0 Å². The molecular weight excluding hydrogens is 317 g/mol. The van der Waals surface area contributed by atoms with Crippen molar-refractivity contribution in [2.75, 3.05) is 26.4 Å². The van der Waals surface area contributed by atoms with Gasteiger partial charge in [-0.3, -0.25) is 0 Å². The predicted octanol–water partition coefficient (Wildman–Crippen LogP) is 4.29. The highest BCUT2D eigenvalue weighted by atomic mass is 35.5. The Kier molecular flexibility index (Phi) is 7.08. The predicted molar refractivity (Wildman–Crippen MR) is 85.2 cm³/mol. The van der Waals surface area contributed by atoms with Gasteiger partial charge in [0.2, 0.25) is 0 Å². The van der Waals surface area contributed by atoms with E-state index in [1.54, 1.807) is 0 Å². The molecule has 2 unspecified atom stereocenters. The molecule has 0 aliphatic carbocycles. The highest BCUT2D eigenvalue weighted by Gasteiger charge is 2.15. The fraction of sp³-hybridized carbons (Fsp3) is 0.714. The van der Waals surface area contributed by atoms with Crippen LogP contribution in [0.15, 0.2) is 6.07 Å². The van der Waals surface area contributed by atoms with Crippen molar-refractivity contribution in [2.45, 2.75) is 38.3 Å². The Hall–Kier alpha value is 0.160. The molecule has 0 radical (unpaired) electrons. The largest absolute Gasteiger partial charge is 0.379 e. The average Bonchev–Trinajstić information content (AvgIpc) is 3.03. The lowest BCUT2D eigenvalue weighted by Crippen LogP contribution is -2.21. The molecule has 0 spiro atoms. The molecule has 1 aliphatic rings. The van der Waals surface area contributed by atoms with E-state index in [2.05, 4.69) is 12.2 Å². The third-order valence-electron chi connectivity index (χ3n) is 3.39. The van der Waals surface area contributed by atoms with Crippen molar-refractivity contribution >= 4 is 34.5 Å². The van der Waals surface area contributed by atoms with Crippen LogP contribution in [0.5, 0.6) is 0 Å². The van der Waals surface area contributed by atoms with E-state index in [0.717, 1.165) is 59.9 Å². The first-order valence-corrected chi connectivity index (χ1v) is 8.61. The highest BCUT2D eigenvalue weighted by molar-refractivity contribution is 7.20. The molecule has 1 aromatic rings. The highest BCUT2D eigenvalue weighted by Crippen LogP contribution is 2.34. The van der Waals surface area contributed by atoms with Gasteiger partial charge in [0.05, 0.1) is 21.4 Å². The summed E-state index contributed by atoms with van der Waals surface area (Å²) in [5.41, 5.74) is 1.07. The van der Waals surface area contributed by atoms with Gasteiger partial charge in [-0.25, -0.2) is 0 Å². The Morgan fingerprint density at radius 3 is 3.05 bits per heavy atom. The summed E-state index contributed by atoms with van der Waals surface area (Å²) in [5, 5.41) is 3.43. The van der Waals surface area contributed by atoms with Gasteiger partial charge in [0.1, 0.15) is 0 Å². The third kappa shape index (κ3) is 5.17. The monoisotopic (exact) mass is 337 g/mol. The Labute approximate surface area is 134 Å². The SMILES string of the molecule is CC(NCCCOCC1CCCO1)c1cc(Cl)sc1Cl. The molecule has 2 atom stereocenters. The van der Waals surface area contributed by atoms with Crippen molar-refractivity contribution in [1.29, 1.82) is 0 Å². The smallest absolute Gasteiger partial charge is 0.0991 e. The van der Waals surface area contributed by atoms with Gasteiger partial charge in [0.15, 0.2) is 0 Å². The van der Waals surface area contributed by atoms with Gasteiger partial charge < -0.3 is 14.8 Å². The molecule has 0 amide bonds. The fourth-order valence-electron chi connectivity index (χ4n) is 2.24. The molecule has 114 valence electrons. The summed E-state index contributed by atoms with van der Waals surface area (Å²) in [6.45, 7) is 5.37. The van der Waals surface area contributed by atoms with Crippen LogP contribution in [0, 0.1) is 0 Å². The number of thiophene rings is 1. The van der Waals surface area contributed by atoms with E-state index >= 15 is 0 Å². The third-order valence-corrected chi connectivity index (χ3v) is 4.91. The topological polar surface area (TPSA) is 30.5 Å². The maximum absolute atomic E-state index is 6.13. The molecule has 2 heterocycles. The summed E-state index contributed by atoms with van der Waals surface area (Å²) in [6, 6.07) is 2.14. The van der Waals surface area contributed by atoms with E-state index < -0.39 is 0 Å². The molecule has 1 N–H and O–H groups in total. The van der Waals surface area contributed by atoms with E-state index in [4.69, 9.17) is 32.7 Å². The molecule has 1 fully saturated rings. The summed E-state index contributed by atoms with van der Waals surface area (Å²) in [5.74, 6) is 0. The molecule has 0 aromatic carbocycles. The standard InChI is InChI=1S/C14H21Cl2NO2S/c1-10(12-8-13(15)20-14(12)16)17-5-3-6-18-9-11-4-2-7-19-11/h8,10-11,17H,2-7,9H2,1H3. The molecule has 6 heteroatoms. The number of hydrogen-bond acceptors (Lipinski definition) is 4. The van der Waals surface area contributed by atoms with Crippen LogP contribution < -0.4 is 5.32 Å². The number of halogens is 2. The van der Waals surface area contributed by atoms with Crippen LogP contribution in [0.2, 0.25) is 8.67 Å². The minimum absolute atomic E-state index is 0.212. The molecule has 1 aromatic heterocycles. The number of nitrogens with one attached hydrogen (secondary N) is 1. The van der Waals surface area contributed by atoms with Crippen LogP contribution in [-0.2, 0) is 9.47 Å². The maximum Gasteiger partial charge on any atom is 0.0991 e. The number of ether oxygens (including phenoxy) is 2. The first kappa shape index (κ1) is 16.5. The first-order valence-electron chi connectivity index (χ1n) is 7.04. The van der Waals surface area contributed by atoms with E-state index in [1.807, 2.05) is 6.07 Å². The summed E-state index contributed by atoms with van der Waals surface area (Å²) >= 11 is 13.5. The Morgan fingerprint density at radius 1 is 1.55 bits per heavy atom. The van der Waals surface area contributed by atoms with Crippen LogP contribution in [0.25, 0.3) is 0 Å². The molecular formula is C14H21Cl2NO2S. The Bertz CT molecular complexity index is 408. The Balaban J connectivity index is 1.55. The molecule has 3 nitrogen and oxygen atoms in total. The first-order chi connectivity index (χ1) is 9.66. The van der Waals surface area contributed by atoms with Gasteiger partial charge in [0, 0.05) is 19.3 Å². The molecule has 0 saturated carbocycles. The summed E-state index contributed by atoms with van der Waals surface area (Å²) in [4.78, 5) is 0. The molecule has 0 bridgehead atoms. The molecule has 20 heavy (non-hydrogen) atoms. The lowest BCUT2D eigenvalue weighted by Gasteiger charge is -2.14. The van der Waals surface area contributed by atoms with Gasteiger partial charge in [-0.2, -0.15) is 0 Å². The molecule has 2 rings (SSSR count). The summed E-state index contributed by atoms with van der Waals surface area (Å²) < 4.78 is 12.6. The van der Waals surface area contributed by atoms with E-state index in [1.165, 1.54) is 11.3 Å². The van der Waals surface area contributed by atoms with Gasteiger partial charge in [-0.1, -0.05) is 23.2 Å². The van der Waals surface area contributed by atoms with Gasteiger partial charge in [-0.15, -0.1) is 11.3 Å². The zero-order valence-electron chi connectivity index (χ0n) is 11.7. The summed E-state index contributed by atoms with van der Waals surface area (Å²) in [7, 11) is 0. The van der Waals surface area contributed by atoms with Crippen LogP contribution in [0.3, 0.4) is 0 Å². The van der Waals surface area contributed by atoms with Crippen molar-refractivity contribution in [2.24, 2.45) is 0 Å². The normalized spacial score (nSPS) is 20.4. The van der Waals surface area contributed by atoms with Crippen LogP contribution >= 0.6 is 34.5 Å². The van der Waals surface area contributed by atoms with Crippen molar-refractivity contribution in [3.05, 3.63) is 20.3 Å². The minimum Gasteiger partial charge on any atom is -0.379 e. The van der Waals surface area contributed by atoms with Gasteiger partial charge in [-0.05, 0) is 44.4 Å². The quantitative estimate of drug-likeness (QED) is 0.717. The second-order valence-corrected chi connectivity index (χ2v) is 7.30. The maximum atomic E-state index is 6.13. The zero-order chi connectivity index (χ0) is 14.4. The van der Waals surface area contributed by atoms with Crippen molar-refractivity contribution in [1.82, 2.24) is 5.32 Å². The molecule has 1 aliphatic heterocycles. The van der Waals surface area contributed by atoms with Crippen LogP contribution in [0.1, 0.15) is 37.8 Å². The number of rotatable bonds is 8. The Morgan fingerprint density at radius 2 is 2.40 bits per heavy atom. The lowest BCUT2D eigenvalue weighted by molar-refractivity contribution is 0.0165. The second-order valence-electron chi connectivity index (χ2n) is 5.02. The van der Waals surface area contributed by atoms with Crippen LogP contribution in [-0.4, -0.2) is 32.5 Å². The second kappa shape index (κ2) is 8.57. The minimum atomic E-state index is 0.212. The van der Waals surface area contributed by atoms with Crippen LogP contribution in [0.4, 0.5) is 0 Å². The van der Waals surface area contributed by atoms with Gasteiger partial charge in [0.25, 0.3) is 0 Å². The average molecular weight is 338 g/mol. The van der Waals surface area contributed by atoms with E-state index in [0.29, 0.717) is 6.10 Å². The summed E-state index contributed by atoms with van der Waals surface area (Å²) in [6.07, 6.45) is 3.59. The van der Waals surface area contributed by atoms with Crippen molar-refractivity contribution in [3.8, 4) is 0 Å².